The van der Waals surface area contributed by atoms with Gasteiger partial charge in [0.05, 0.1) is 5.75 Å². The lowest BCUT2D eigenvalue weighted by atomic mass is 10.0. The molecule has 4 nitrogen and oxygen atoms in total. The van der Waals surface area contributed by atoms with E-state index in [0.29, 0.717) is 6.42 Å². The molecule has 0 radical (unpaired) electrons. The predicted octanol–water partition coefficient (Wildman–Crippen LogP) is 3.53. The van der Waals surface area contributed by atoms with Crippen molar-refractivity contribution in [1.29, 1.82) is 0 Å². The van der Waals surface area contributed by atoms with E-state index in [1.807, 2.05) is 18.3 Å². The van der Waals surface area contributed by atoms with Crippen LogP contribution in [0, 0.1) is 0 Å². The molecule has 3 aromatic rings. The van der Waals surface area contributed by atoms with E-state index in [0.717, 1.165) is 18.4 Å². The molecule has 2 N–H and O–H groups in total. The number of aryl methyl sites for hydroxylation is 1. The zero-order valence-electron chi connectivity index (χ0n) is 11.5. The minimum absolute atomic E-state index is 0.171. The van der Waals surface area contributed by atoms with Gasteiger partial charge in [0.1, 0.15) is 0 Å². The average molecular weight is 303 g/mol. The number of hydrogen-bond acceptors (Lipinski definition) is 2. The highest BCUT2D eigenvalue weighted by Gasteiger charge is 2.09. The summed E-state index contributed by atoms with van der Waals surface area (Å²) in [6.45, 7) is 0. The molecule has 0 atom stereocenters. The zero-order chi connectivity index (χ0) is 14.9. The molecular formula is C16H17NO3S. The van der Waals surface area contributed by atoms with E-state index in [1.165, 1.54) is 21.7 Å². The number of H-pyrrole nitrogens is 1. The van der Waals surface area contributed by atoms with Crippen molar-refractivity contribution in [2.45, 2.75) is 19.3 Å². The van der Waals surface area contributed by atoms with Crippen molar-refractivity contribution >= 4 is 31.8 Å². The number of aromatic amines is 1. The van der Waals surface area contributed by atoms with Crippen molar-refractivity contribution < 1.29 is 13.0 Å². The fourth-order valence-electron chi connectivity index (χ4n) is 2.77. The molecule has 5 heteroatoms. The standard InChI is InChI=1S/C16H17NO3S/c18-21(19,20)10-4-3-6-13-11-17-15-9-8-12-5-1-2-7-14(12)16(13)15/h1-2,5,7-9,11,17H,3-4,6,10H2,(H,18,19,20). The van der Waals surface area contributed by atoms with Gasteiger partial charge in [-0.1, -0.05) is 30.3 Å². The van der Waals surface area contributed by atoms with Gasteiger partial charge in [-0.2, -0.15) is 8.42 Å². The zero-order valence-corrected chi connectivity index (χ0v) is 12.4. The van der Waals surface area contributed by atoms with E-state index in [1.54, 1.807) is 0 Å². The molecule has 0 aliphatic heterocycles. The van der Waals surface area contributed by atoms with Gasteiger partial charge in [0.25, 0.3) is 10.1 Å². The summed E-state index contributed by atoms with van der Waals surface area (Å²) in [7, 11) is -3.85. The van der Waals surface area contributed by atoms with E-state index in [9.17, 15) is 8.42 Å². The lowest BCUT2D eigenvalue weighted by molar-refractivity contribution is 0.480. The maximum atomic E-state index is 10.7. The van der Waals surface area contributed by atoms with Crippen LogP contribution >= 0.6 is 0 Å². The Hall–Kier alpha value is -1.85. The second kappa shape index (κ2) is 5.50. The van der Waals surface area contributed by atoms with Gasteiger partial charge >= 0.3 is 0 Å². The molecule has 21 heavy (non-hydrogen) atoms. The third-order valence-electron chi connectivity index (χ3n) is 3.75. The molecule has 2 aromatic carbocycles. The third-order valence-corrected chi connectivity index (χ3v) is 4.56. The Morgan fingerprint density at radius 1 is 1.05 bits per heavy atom. The van der Waals surface area contributed by atoms with Crippen LogP contribution in [-0.2, 0) is 16.5 Å². The van der Waals surface area contributed by atoms with Crippen molar-refractivity contribution in [3.63, 3.8) is 0 Å². The Balaban J connectivity index is 1.87. The van der Waals surface area contributed by atoms with Gasteiger partial charge < -0.3 is 4.98 Å². The van der Waals surface area contributed by atoms with Crippen LogP contribution in [0.3, 0.4) is 0 Å². The van der Waals surface area contributed by atoms with Crippen molar-refractivity contribution in [2.24, 2.45) is 0 Å². The van der Waals surface area contributed by atoms with Gasteiger partial charge in [0.15, 0.2) is 0 Å². The van der Waals surface area contributed by atoms with Crippen LogP contribution in [0.2, 0.25) is 0 Å². The summed E-state index contributed by atoms with van der Waals surface area (Å²) in [6.07, 6.45) is 3.99. The Morgan fingerprint density at radius 3 is 2.67 bits per heavy atom. The second-order valence-electron chi connectivity index (χ2n) is 5.27. The van der Waals surface area contributed by atoms with E-state index in [-0.39, 0.29) is 5.75 Å². The normalized spacial score (nSPS) is 12.2. The molecule has 0 fully saturated rings. The van der Waals surface area contributed by atoms with Gasteiger partial charge in [-0.3, -0.25) is 4.55 Å². The summed E-state index contributed by atoms with van der Waals surface area (Å²) < 4.78 is 30.2. The first-order chi connectivity index (χ1) is 10.0. The topological polar surface area (TPSA) is 70.2 Å². The Morgan fingerprint density at radius 2 is 1.86 bits per heavy atom. The molecule has 1 heterocycles. The average Bonchev–Trinajstić information content (AvgIpc) is 2.86. The highest BCUT2D eigenvalue weighted by atomic mass is 32.2. The van der Waals surface area contributed by atoms with Crippen molar-refractivity contribution in [3.05, 3.63) is 48.2 Å². The molecule has 1 aromatic heterocycles. The molecule has 3 rings (SSSR count). The van der Waals surface area contributed by atoms with Crippen LogP contribution in [-0.4, -0.2) is 23.7 Å². The molecule has 110 valence electrons. The van der Waals surface area contributed by atoms with Gasteiger partial charge in [0, 0.05) is 17.1 Å². The Bertz CT molecular complexity index is 881. The molecule has 0 spiro atoms. The highest BCUT2D eigenvalue weighted by molar-refractivity contribution is 7.85. The minimum Gasteiger partial charge on any atom is -0.361 e. The van der Waals surface area contributed by atoms with Crippen LogP contribution in [0.5, 0.6) is 0 Å². The van der Waals surface area contributed by atoms with Crippen molar-refractivity contribution in [3.8, 4) is 0 Å². The maximum absolute atomic E-state index is 10.7. The number of nitrogens with one attached hydrogen (secondary N) is 1. The smallest absolute Gasteiger partial charge is 0.264 e. The fraction of sp³-hybridized carbons (Fsp3) is 0.250. The fourth-order valence-corrected chi connectivity index (χ4v) is 3.34. The number of aromatic nitrogens is 1. The quantitative estimate of drug-likeness (QED) is 0.559. The first-order valence-electron chi connectivity index (χ1n) is 6.97. The van der Waals surface area contributed by atoms with Gasteiger partial charge in [-0.05, 0) is 41.7 Å². The number of hydrogen-bond donors (Lipinski definition) is 2. The van der Waals surface area contributed by atoms with E-state index >= 15 is 0 Å². The summed E-state index contributed by atoms with van der Waals surface area (Å²) >= 11 is 0. The van der Waals surface area contributed by atoms with E-state index in [4.69, 9.17) is 4.55 Å². The van der Waals surface area contributed by atoms with Crippen molar-refractivity contribution in [1.82, 2.24) is 4.98 Å². The summed E-state index contributed by atoms with van der Waals surface area (Å²) in [5, 5.41) is 3.62. The van der Waals surface area contributed by atoms with Crippen molar-refractivity contribution in [2.75, 3.05) is 5.75 Å². The molecule has 0 saturated heterocycles. The second-order valence-corrected chi connectivity index (χ2v) is 6.84. The molecule has 0 amide bonds. The summed E-state index contributed by atoms with van der Waals surface area (Å²) in [4.78, 5) is 3.27. The lowest BCUT2D eigenvalue weighted by Gasteiger charge is -2.03. The van der Waals surface area contributed by atoms with Crippen LogP contribution in [0.15, 0.2) is 42.6 Å². The Kier molecular flexibility index (Phi) is 3.69. The molecule has 0 unspecified atom stereocenters. The largest absolute Gasteiger partial charge is 0.361 e. The first kappa shape index (κ1) is 14.1. The Labute approximate surface area is 123 Å². The van der Waals surface area contributed by atoms with Crippen LogP contribution < -0.4 is 0 Å². The maximum Gasteiger partial charge on any atom is 0.264 e. The molecule has 0 aliphatic rings. The van der Waals surface area contributed by atoms with Crippen LogP contribution in [0.4, 0.5) is 0 Å². The van der Waals surface area contributed by atoms with Gasteiger partial charge in [-0.15, -0.1) is 0 Å². The number of unbranched alkanes of at least 4 members (excludes halogenated alkanes) is 1. The van der Waals surface area contributed by atoms with Gasteiger partial charge in [0.2, 0.25) is 0 Å². The number of benzene rings is 2. The molecular weight excluding hydrogens is 286 g/mol. The molecule has 0 bridgehead atoms. The SMILES string of the molecule is O=S(=O)(O)CCCCc1c[nH]c2ccc3ccccc3c12. The summed E-state index contributed by atoms with van der Waals surface area (Å²) in [5.74, 6) is -0.171. The van der Waals surface area contributed by atoms with Crippen LogP contribution in [0.25, 0.3) is 21.7 Å². The molecule has 0 saturated carbocycles. The van der Waals surface area contributed by atoms with Gasteiger partial charge in [-0.25, -0.2) is 0 Å². The van der Waals surface area contributed by atoms with Crippen LogP contribution in [0.1, 0.15) is 18.4 Å². The lowest BCUT2D eigenvalue weighted by Crippen LogP contribution is -2.03. The highest BCUT2D eigenvalue weighted by Crippen LogP contribution is 2.28. The first-order valence-corrected chi connectivity index (χ1v) is 8.58. The molecule has 0 aliphatic carbocycles. The number of fused-ring (bicyclic) bond motifs is 3. The third kappa shape index (κ3) is 3.09. The summed E-state index contributed by atoms with van der Waals surface area (Å²) in [5.41, 5.74) is 2.29. The number of rotatable bonds is 5. The monoisotopic (exact) mass is 303 g/mol. The summed E-state index contributed by atoms with van der Waals surface area (Å²) in [6, 6.07) is 12.4. The van der Waals surface area contributed by atoms with E-state index in [2.05, 4.69) is 29.2 Å². The predicted molar refractivity (Wildman–Crippen MR) is 85.2 cm³/mol. The minimum atomic E-state index is -3.85. The van der Waals surface area contributed by atoms with E-state index < -0.39 is 10.1 Å².